The topological polar surface area (TPSA) is 107 Å². The van der Waals surface area contributed by atoms with Crippen molar-refractivity contribution in [2.75, 3.05) is 10.6 Å². The summed E-state index contributed by atoms with van der Waals surface area (Å²) in [6, 6.07) is 6.61. The Morgan fingerprint density at radius 1 is 1.18 bits per heavy atom. The van der Waals surface area contributed by atoms with Gasteiger partial charge in [0.2, 0.25) is 5.95 Å². The standard InChI is InChI=1S/C19H19FN8/c1-10(18-12(20)8-15-13(24-18)4-6-21-15)23-19-22-7-5-16(26-19)25-17-9-14(27-28-17)11-2-3-11/h4-11,21H,2-3H2,1H3,(H3,22,23,25,26,27,28). The fraction of sp³-hybridized carbons (Fsp3) is 0.263. The van der Waals surface area contributed by atoms with E-state index in [2.05, 4.69) is 40.8 Å². The van der Waals surface area contributed by atoms with Crippen LogP contribution in [-0.4, -0.2) is 30.1 Å². The zero-order valence-electron chi connectivity index (χ0n) is 15.2. The van der Waals surface area contributed by atoms with Crippen LogP contribution in [-0.2, 0) is 0 Å². The summed E-state index contributed by atoms with van der Waals surface area (Å²) >= 11 is 0. The summed E-state index contributed by atoms with van der Waals surface area (Å²) < 4.78 is 14.4. The number of aromatic nitrogens is 6. The van der Waals surface area contributed by atoms with Crippen LogP contribution < -0.4 is 10.6 Å². The van der Waals surface area contributed by atoms with Crippen LogP contribution in [0.1, 0.15) is 43.1 Å². The summed E-state index contributed by atoms with van der Waals surface area (Å²) in [5.41, 5.74) is 2.84. The van der Waals surface area contributed by atoms with E-state index in [4.69, 9.17) is 0 Å². The number of nitrogens with zero attached hydrogens (tertiary/aromatic N) is 4. The highest BCUT2D eigenvalue weighted by Crippen LogP contribution is 2.39. The Bertz CT molecular complexity index is 1130. The Hall–Kier alpha value is -3.49. The Balaban J connectivity index is 1.32. The first-order valence-corrected chi connectivity index (χ1v) is 9.21. The SMILES string of the molecule is CC(Nc1nccc(Nc2cc(C3CC3)[nH]n2)n1)c1nc2cc[nH]c2cc1F. The first-order chi connectivity index (χ1) is 13.7. The second-order valence-electron chi connectivity index (χ2n) is 7.01. The Morgan fingerprint density at radius 2 is 2.07 bits per heavy atom. The molecule has 0 saturated heterocycles. The second kappa shape index (κ2) is 6.59. The van der Waals surface area contributed by atoms with Crippen molar-refractivity contribution in [3.8, 4) is 0 Å². The van der Waals surface area contributed by atoms with Crippen molar-refractivity contribution in [3.63, 3.8) is 0 Å². The molecule has 28 heavy (non-hydrogen) atoms. The summed E-state index contributed by atoms with van der Waals surface area (Å²) in [6.45, 7) is 1.82. The average molecular weight is 378 g/mol. The van der Waals surface area contributed by atoms with Crippen molar-refractivity contribution in [3.05, 3.63) is 53.9 Å². The predicted octanol–water partition coefficient (Wildman–Crippen LogP) is 4.01. The summed E-state index contributed by atoms with van der Waals surface area (Å²) in [5.74, 6) is 1.92. The highest BCUT2D eigenvalue weighted by molar-refractivity contribution is 5.75. The number of hydrogen-bond donors (Lipinski definition) is 4. The smallest absolute Gasteiger partial charge is 0.225 e. The highest BCUT2D eigenvalue weighted by atomic mass is 19.1. The molecule has 0 aliphatic heterocycles. The molecule has 1 atom stereocenters. The molecule has 0 spiro atoms. The molecule has 0 bridgehead atoms. The van der Waals surface area contributed by atoms with Gasteiger partial charge < -0.3 is 15.6 Å². The van der Waals surface area contributed by atoms with Gasteiger partial charge in [-0.05, 0) is 31.9 Å². The molecule has 1 saturated carbocycles. The van der Waals surface area contributed by atoms with Crippen LogP contribution in [0.4, 0.5) is 22.0 Å². The fourth-order valence-electron chi connectivity index (χ4n) is 3.17. The van der Waals surface area contributed by atoms with Gasteiger partial charge in [-0.25, -0.2) is 14.4 Å². The van der Waals surface area contributed by atoms with Crippen molar-refractivity contribution in [2.24, 2.45) is 0 Å². The number of nitrogens with one attached hydrogen (secondary N) is 4. The van der Waals surface area contributed by atoms with E-state index >= 15 is 0 Å². The van der Waals surface area contributed by atoms with E-state index in [1.807, 2.05) is 19.1 Å². The average Bonchev–Trinajstić information content (AvgIpc) is 3.25. The van der Waals surface area contributed by atoms with Gasteiger partial charge in [-0.2, -0.15) is 10.1 Å². The highest BCUT2D eigenvalue weighted by Gasteiger charge is 2.25. The molecule has 0 aromatic carbocycles. The molecule has 1 unspecified atom stereocenters. The van der Waals surface area contributed by atoms with E-state index in [-0.39, 0.29) is 5.82 Å². The number of anilines is 3. The Kier molecular flexibility index (Phi) is 3.92. The van der Waals surface area contributed by atoms with Crippen molar-refractivity contribution in [2.45, 2.75) is 31.7 Å². The van der Waals surface area contributed by atoms with Crippen LogP contribution in [0.25, 0.3) is 11.0 Å². The molecule has 1 aliphatic rings. The number of hydrogen-bond acceptors (Lipinski definition) is 6. The number of rotatable bonds is 6. The number of H-pyrrole nitrogens is 2. The van der Waals surface area contributed by atoms with Crippen LogP contribution >= 0.6 is 0 Å². The van der Waals surface area contributed by atoms with E-state index < -0.39 is 6.04 Å². The summed E-state index contributed by atoms with van der Waals surface area (Å²) in [4.78, 5) is 16.0. The first kappa shape index (κ1) is 16.7. The van der Waals surface area contributed by atoms with Crippen LogP contribution in [0.2, 0.25) is 0 Å². The number of pyridine rings is 1. The van der Waals surface area contributed by atoms with Crippen molar-refractivity contribution in [1.82, 2.24) is 30.1 Å². The van der Waals surface area contributed by atoms with Gasteiger partial charge in [0.1, 0.15) is 11.6 Å². The van der Waals surface area contributed by atoms with Crippen LogP contribution in [0.15, 0.2) is 36.7 Å². The Labute approximate surface area is 160 Å². The molecule has 4 aromatic rings. The molecule has 1 aliphatic carbocycles. The van der Waals surface area contributed by atoms with E-state index in [0.717, 1.165) is 5.69 Å². The molecule has 4 N–H and O–H groups in total. The molecule has 4 aromatic heterocycles. The van der Waals surface area contributed by atoms with Crippen LogP contribution in [0, 0.1) is 5.82 Å². The molecule has 1 fully saturated rings. The van der Waals surface area contributed by atoms with Crippen LogP contribution in [0.3, 0.4) is 0 Å². The summed E-state index contributed by atoms with van der Waals surface area (Å²) in [5, 5.41) is 13.6. The van der Waals surface area contributed by atoms with Gasteiger partial charge in [-0.1, -0.05) is 0 Å². The largest absolute Gasteiger partial charge is 0.360 e. The van der Waals surface area contributed by atoms with Gasteiger partial charge in [-0.3, -0.25) is 5.10 Å². The third-order valence-corrected chi connectivity index (χ3v) is 4.79. The van der Waals surface area contributed by atoms with Gasteiger partial charge in [0.15, 0.2) is 5.82 Å². The lowest BCUT2D eigenvalue weighted by atomic mass is 10.2. The maximum Gasteiger partial charge on any atom is 0.225 e. The van der Waals surface area contributed by atoms with E-state index in [0.29, 0.717) is 40.2 Å². The molecule has 0 amide bonds. The normalized spacial score (nSPS) is 14.9. The Morgan fingerprint density at radius 3 is 2.93 bits per heavy atom. The van der Waals surface area contributed by atoms with Crippen molar-refractivity contribution >= 4 is 28.6 Å². The monoisotopic (exact) mass is 378 g/mol. The summed E-state index contributed by atoms with van der Waals surface area (Å²) in [7, 11) is 0. The lowest BCUT2D eigenvalue weighted by Crippen LogP contribution is -2.13. The molecular formula is C19H19FN8. The third-order valence-electron chi connectivity index (χ3n) is 4.79. The molecule has 9 heteroatoms. The summed E-state index contributed by atoms with van der Waals surface area (Å²) in [6.07, 6.45) is 5.79. The van der Waals surface area contributed by atoms with Gasteiger partial charge >= 0.3 is 0 Å². The molecular weight excluding hydrogens is 359 g/mol. The molecule has 5 rings (SSSR count). The maximum absolute atomic E-state index is 14.4. The van der Waals surface area contributed by atoms with Gasteiger partial charge in [0.25, 0.3) is 0 Å². The van der Waals surface area contributed by atoms with Crippen LogP contribution in [0.5, 0.6) is 0 Å². The lowest BCUT2D eigenvalue weighted by Gasteiger charge is -2.14. The van der Waals surface area contributed by atoms with E-state index in [9.17, 15) is 4.39 Å². The first-order valence-electron chi connectivity index (χ1n) is 9.21. The lowest BCUT2D eigenvalue weighted by molar-refractivity contribution is 0.590. The number of aromatic amines is 2. The predicted molar refractivity (Wildman–Crippen MR) is 104 cm³/mol. The minimum atomic E-state index is -0.401. The van der Waals surface area contributed by atoms with Gasteiger partial charge in [0.05, 0.1) is 22.8 Å². The maximum atomic E-state index is 14.4. The minimum absolute atomic E-state index is 0.315. The third kappa shape index (κ3) is 3.26. The van der Waals surface area contributed by atoms with Gasteiger partial charge in [0, 0.05) is 36.1 Å². The molecule has 4 heterocycles. The fourth-order valence-corrected chi connectivity index (χ4v) is 3.17. The zero-order chi connectivity index (χ0) is 19.1. The molecule has 8 nitrogen and oxygen atoms in total. The second-order valence-corrected chi connectivity index (χ2v) is 7.01. The van der Waals surface area contributed by atoms with Crippen molar-refractivity contribution < 1.29 is 4.39 Å². The van der Waals surface area contributed by atoms with E-state index in [1.165, 1.54) is 18.9 Å². The number of fused-ring (bicyclic) bond motifs is 1. The zero-order valence-corrected chi connectivity index (χ0v) is 15.2. The number of halogens is 1. The quantitative estimate of drug-likeness (QED) is 0.404. The molecule has 142 valence electrons. The van der Waals surface area contributed by atoms with E-state index in [1.54, 1.807) is 18.5 Å². The van der Waals surface area contributed by atoms with Gasteiger partial charge in [-0.15, -0.1) is 0 Å². The minimum Gasteiger partial charge on any atom is -0.360 e. The molecule has 0 radical (unpaired) electrons. The van der Waals surface area contributed by atoms with Crippen molar-refractivity contribution in [1.29, 1.82) is 0 Å².